The van der Waals surface area contributed by atoms with Gasteiger partial charge in [0.1, 0.15) is 11.2 Å². The summed E-state index contributed by atoms with van der Waals surface area (Å²) < 4.78 is 30.8. The van der Waals surface area contributed by atoms with E-state index >= 15 is 0 Å². The lowest BCUT2D eigenvalue weighted by Gasteiger charge is -2.12. The number of amides is 1. The van der Waals surface area contributed by atoms with Gasteiger partial charge in [-0.1, -0.05) is 6.92 Å². The van der Waals surface area contributed by atoms with E-state index in [9.17, 15) is 18.4 Å². The van der Waals surface area contributed by atoms with Gasteiger partial charge < -0.3 is 10.1 Å². The second kappa shape index (κ2) is 7.90. The zero-order valence-electron chi connectivity index (χ0n) is 14.4. The Morgan fingerprint density at radius 1 is 1.26 bits per heavy atom. The monoisotopic (exact) mass is 374 g/mol. The fourth-order valence-corrected chi connectivity index (χ4v) is 2.58. The van der Waals surface area contributed by atoms with Crippen LogP contribution in [0.15, 0.2) is 47.4 Å². The molecule has 3 rings (SSSR count). The van der Waals surface area contributed by atoms with E-state index in [4.69, 9.17) is 0 Å². The number of fused-ring (bicyclic) bond motifs is 1. The predicted octanol–water partition coefficient (Wildman–Crippen LogP) is 3.06. The minimum absolute atomic E-state index is 0.0630. The Morgan fingerprint density at radius 2 is 2.07 bits per heavy atom. The Labute approximate surface area is 152 Å². The number of carbonyl (C=O) groups is 1. The molecular formula is C18H16F2N4O3. The van der Waals surface area contributed by atoms with Crippen molar-refractivity contribution in [3.05, 3.63) is 58.6 Å². The molecule has 0 bridgehead atoms. The van der Waals surface area contributed by atoms with Gasteiger partial charge in [-0.05, 0) is 36.8 Å². The highest BCUT2D eigenvalue weighted by molar-refractivity contribution is 6.08. The average molecular weight is 374 g/mol. The van der Waals surface area contributed by atoms with E-state index in [1.54, 1.807) is 12.1 Å². The summed E-state index contributed by atoms with van der Waals surface area (Å²) in [6.45, 7) is -0.699. The summed E-state index contributed by atoms with van der Waals surface area (Å²) in [5.74, 6) is -0.624. The predicted molar refractivity (Wildman–Crippen MR) is 95.1 cm³/mol. The van der Waals surface area contributed by atoms with Crippen molar-refractivity contribution < 1.29 is 18.3 Å². The lowest BCUT2D eigenvalue weighted by molar-refractivity contribution is -0.0489. The zero-order valence-corrected chi connectivity index (χ0v) is 14.4. The molecule has 27 heavy (non-hydrogen) atoms. The van der Waals surface area contributed by atoms with E-state index in [-0.39, 0.29) is 22.5 Å². The topological polar surface area (TPSA) is 86.1 Å². The molecule has 1 N–H and O–H groups in total. The Hall–Kier alpha value is -3.36. The minimum atomic E-state index is -2.99. The number of aryl methyl sites for hydroxylation is 1. The van der Waals surface area contributed by atoms with Crippen molar-refractivity contribution in [1.82, 2.24) is 14.8 Å². The third-order valence-electron chi connectivity index (χ3n) is 3.73. The molecule has 140 valence electrons. The lowest BCUT2D eigenvalue weighted by atomic mass is 10.1. The Morgan fingerprint density at radius 3 is 2.81 bits per heavy atom. The summed E-state index contributed by atoms with van der Waals surface area (Å²) >= 11 is 0. The first kappa shape index (κ1) is 18.4. The molecule has 9 heteroatoms. The van der Waals surface area contributed by atoms with Crippen molar-refractivity contribution >= 4 is 22.5 Å². The van der Waals surface area contributed by atoms with Crippen molar-refractivity contribution in [2.75, 3.05) is 5.32 Å². The van der Waals surface area contributed by atoms with Crippen molar-refractivity contribution in [3.8, 4) is 5.75 Å². The van der Waals surface area contributed by atoms with Gasteiger partial charge >= 0.3 is 6.61 Å². The van der Waals surface area contributed by atoms with Gasteiger partial charge in [0.25, 0.3) is 11.5 Å². The van der Waals surface area contributed by atoms with Gasteiger partial charge in [-0.2, -0.15) is 13.9 Å². The molecule has 0 radical (unpaired) electrons. The molecule has 0 saturated carbocycles. The van der Waals surface area contributed by atoms with Gasteiger partial charge in [-0.25, -0.2) is 4.68 Å². The molecule has 2 heterocycles. The van der Waals surface area contributed by atoms with Crippen LogP contribution in [0.25, 0.3) is 10.9 Å². The van der Waals surface area contributed by atoms with Crippen molar-refractivity contribution in [2.24, 2.45) is 0 Å². The number of nitrogens with one attached hydrogen (secondary N) is 1. The van der Waals surface area contributed by atoms with Crippen molar-refractivity contribution in [3.63, 3.8) is 0 Å². The first-order valence-corrected chi connectivity index (χ1v) is 8.21. The number of rotatable bonds is 6. The number of halogens is 2. The molecule has 0 unspecified atom stereocenters. The quantitative estimate of drug-likeness (QED) is 0.717. The number of nitrogens with zero attached hydrogens (tertiary/aromatic N) is 3. The number of carbonyl (C=O) groups excluding carboxylic acids is 1. The van der Waals surface area contributed by atoms with Crippen molar-refractivity contribution in [1.29, 1.82) is 0 Å². The molecule has 0 atom stereocenters. The van der Waals surface area contributed by atoms with Crippen LogP contribution in [0, 0.1) is 0 Å². The smallest absolute Gasteiger partial charge is 0.387 e. The second-order valence-electron chi connectivity index (χ2n) is 5.62. The second-order valence-corrected chi connectivity index (χ2v) is 5.62. The summed E-state index contributed by atoms with van der Waals surface area (Å²) in [6.07, 6.45) is 2.13. The molecule has 0 saturated heterocycles. The molecule has 0 aliphatic heterocycles. The van der Waals surface area contributed by atoms with Crippen LogP contribution in [-0.2, 0) is 6.54 Å². The SMILES string of the molecule is CCCn1nc(C(=O)Nc2ccc(OC(F)F)c3ncccc23)ccc1=O. The maximum Gasteiger partial charge on any atom is 0.387 e. The molecule has 3 aromatic rings. The van der Waals surface area contributed by atoms with Crippen LogP contribution in [0.5, 0.6) is 5.75 Å². The van der Waals surface area contributed by atoms with Crippen LogP contribution in [0.1, 0.15) is 23.8 Å². The summed E-state index contributed by atoms with van der Waals surface area (Å²) in [5.41, 5.74) is 0.323. The number of pyridine rings is 1. The maximum absolute atomic E-state index is 12.6. The van der Waals surface area contributed by atoms with E-state index in [1.165, 1.54) is 35.1 Å². The van der Waals surface area contributed by atoms with E-state index in [0.29, 0.717) is 24.0 Å². The number of hydrogen-bond donors (Lipinski definition) is 1. The van der Waals surface area contributed by atoms with Gasteiger partial charge in [0.15, 0.2) is 5.75 Å². The Balaban J connectivity index is 1.94. The third-order valence-corrected chi connectivity index (χ3v) is 3.73. The van der Waals surface area contributed by atoms with E-state index < -0.39 is 12.5 Å². The van der Waals surface area contributed by atoms with E-state index in [2.05, 4.69) is 20.1 Å². The third kappa shape index (κ3) is 4.08. The number of ether oxygens (including phenoxy) is 1. The van der Waals surface area contributed by atoms with Crippen LogP contribution in [0.4, 0.5) is 14.5 Å². The highest BCUT2D eigenvalue weighted by Gasteiger charge is 2.15. The van der Waals surface area contributed by atoms with E-state index in [0.717, 1.165) is 0 Å². The van der Waals surface area contributed by atoms with Crippen molar-refractivity contribution in [2.45, 2.75) is 26.5 Å². The lowest BCUT2D eigenvalue weighted by Crippen LogP contribution is -2.26. The molecule has 0 aliphatic rings. The fraction of sp³-hybridized carbons (Fsp3) is 0.222. The molecule has 0 aliphatic carbocycles. The largest absolute Gasteiger partial charge is 0.432 e. The van der Waals surface area contributed by atoms with Crippen LogP contribution >= 0.6 is 0 Å². The van der Waals surface area contributed by atoms with Gasteiger partial charge in [0.05, 0.1) is 5.69 Å². The molecular weight excluding hydrogens is 358 g/mol. The van der Waals surface area contributed by atoms with Crippen LogP contribution in [0.3, 0.4) is 0 Å². The van der Waals surface area contributed by atoms with Gasteiger partial charge in [-0.3, -0.25) is 14.6 Å². The first-order chi connectivity index (χ1) is 13.0. The normalized spacial score (nSPS) is 11.0. The number of aromatic nitrogens is 3. The highest BCUT2D eigenvalue weighted by Crippen LogP contribution is 2.31. The van der Waals surface area contributed by atoms with Crippen LogP contribution < -0.4 is 15.6 Å². The molecule has 1 aromatic carbocycles. The van der Waals surface area contributed by atoms with Gasteiger partial charge in [0, 0.05) is 24.2 Å². The number of benzene rings is 1. The molecule has 0 spiro atoms. The Bertz CT molecular complexity index is 1040. The molecule has 1 amide bonds. The summed E-state index contributed by atoms with van der Waals surface area (Å²) in [4.78, 5) is 28.3. The standard InChI is InChI=1S/C18H16F2N4O3/c1-2-10-24-15(25)8-6-13(23-24)17(26)22-12-5-7-14(27-18(19)20)16-11(12)4-3-9-21-16/h3-9,18H,2,10H2,1H3,(H,22,26). The number of alkyl halides is 2. The minimum Gasteiger partial charge on any atom is -0.432 e. The van der Waals surface area contributed by atoms with Crippen LogP contribution in [-0.4, -0.2) is 27.3 Å². The maximum atomic E-state index is 12.6. The molecule has 0 fully saturated rings. The highest BCUT2D eigenvalue weighted by atomic mass is 19.3. The van der Waals surface area contributed by atoms with Gasteiger partial charge in [-0.15, -0.1) is 0 Å². The summed E-state index contributed by atoms with van der Waals surface area (Å²) in [6, 6.07) is 8.60. The number of anilines is 1. The Kier molecular flexibility index (Phi) is 5.39. The van der Waals surface area contributed by atoms with Crippen LogP contribution in [0.2, 0.25) is 0 Å². The zero-order chi connectivity index (χ0) is 19.4. The fourth-order valence-electron chi connectivity index (χ4n) is 2.58. The summed E-state index contributed by atoms with van der Waals surface area (Å²) in [7, 11) is 0. The van der Waals surface area contributed by atoms with E-state index in [1.807, 2.05) is 6.92 Å². The van der Waals surface area contributed by atoms with Gasteiger partial charge in [0.2, 0.25) is 0 Å². The molecule has 7 nitrogen and oxygen atoms in total. The number of hydrogen-bond acceptors (Lipinski definition) is 5. The average Bonchev–Trinajstić information content (AvgIpc) is 2.65. The molecule has 2 aromatic heterocycles. The summed E-state index contributed by atoms with van der Waals surface area (Å²) in [5, 5.41) is 7.15. The first-order valence-electron chi connectivity index (χ1n) is 8.21.